The molecule has 25 heavy (non-hydrogen) atoms. The van der Waals surface area contributed by atoms with Crippen LogP contribution in [-0.4, -0.2) is 35.7 Å². The summed E-state index contributed by atoms with van der Waals surface area (Å²) in [5.41, 5.74) is 0.319. The first kappa shape index (κ1) is 17.1. The summed E-state index contributed by atoms with van der Waals surface area (Å²) in [6.45, 7) is 2.11. The molecular formula is C21H25FN2S. The van der Waals surface area contributed by atoms with Crippen molar-refractivity contribution >= 4 is 11.9 Å². The van der Waals surface area contributed by atoms with Crippen LogP contribution in [0.1, 0.15) is 30.7 Å². The van der Waals surface area contributed by atoms with E-state index in [-0.39, 0.29) is 0 Å². The molecular weight excluding hydrogens is 331 g/mol. The molecule has 2 fully saturated rings. The maximum absolute atomic E-state index is 15.1. The third-order valence-electron chi connectivity index (χ3n) is 5.30. The van der Waals surface area contributed by atoms with E-state index in [9.17, 15) is 0 Å². The molecule has 2 aromatic carbocycles. The van der Waals surface area contributed by atoms with Gasteiger partial charge in [-0.25, -0.2) is 8.70 Å². The molecule has 2 unspecified atom stereocenters. The molecule has 4 heteroatoms. The Morgan fingerprint density at radius 3 is 2.32 bits per heavy atom. The number of rotatable bonds is 6. The van der Waals surface area contributed by atoms with Gasteiger partial charge in [-0.1, -0.05) is 48.5 Å². The molecule has 4 rings (SSSR count). The van der Waals surface area contributed by atoms with Gasteiger partial charge in [0.15, 0.2) is 0 Å². The van der Waals surface area contributed by atoms with Crippen molar-refractivity contribution in [3.63, 3.8) is 0 Å². The van der Waals surface area contributed by atoms with Crippen LogP contribution in [0.4, 0.5) is 4.39 Å². The van der Waals surface area contributed by atoms with Gasteiger partial charge in [-0.3, -0.25) is 0 Å². The molecule has 0 amide bonds. The highest BCUT2D eigenvalue weighted by Crippen LogP contribution is 2.41. The van der Waals surface area contributed by atoms with Crippen molar-refractivity contribution in [1.82, 2.24) is 9.62 Å². The van der Waals surface area contributed by atoms with Crippen LogP contribution in [0.3, 0.4) is 0 Å². The molecule has 2 atom stereocenters. The number of alkyl halides is 1. The normalized spacial score (nSPS) is 25.6. The highest BCUT2D eigenvalue weighted by atomic mass is 32.2. The van der Waals surface area contributed by atoms with E-state index in [1.807, 2.05) is 12.1 Å². The van der Waals surface area contributed by atoms with Gasteiger partial charge in [-0.2, -0.15) is 0 Å². The van der Waals surface area contributed by atoms with Crippen molar-refractivity contribution < 1.29 is 4.39 Å². The van der Waals surface area contributed by atoms with E-state index < -0.39 is 5.67 Å². The zero-order valence-corrected chi connectivity index (χ0v) is 15.2. The van der Waals surface area contributed by atoms with Gasteiger partial charge in [0.05, 0.1) is 0 Å². The molecule has 2 aromatic rings. The van der Waals surface area contributed by atoms with Crippen molar-refractivity contribution in [2.45, 2.75) is 41.8 Å². The monoisotopic (exact) mass is 356 g/mol. The SMILES string of the molecule is FC1(CNC2CC2c2ccccc2)CCN(Sc2ccccc2)CC1. The van der Waals surface area contributed by atoms with Gasteiger partial charge in [-0.05, 0) is 48.9 Å². The van der Waals surface area contributed by atoms with Crippen LogP contribution in [0.2, 0.25) is 0 Å². The largest absolute Gasteiger partial charge is 0.310 e. The minimum atomic E-state index is -1.06. The van der Waals surface area contributed by atoms with E-state index in [1.54, 1.807) is 11.9 Å². The predicted molar refractivity (Wildman–Crippen MR) is 103 cm³/mol. The van der Waals surface area contributed by atoms with Gasteiger partial charge in [0, 0.05) is 36.5 Å². The van der Waals surface area contributed by atoms with Crippen LogP contribution in [0.15, 0.2) is 65.6 Å². The van der Waals surface area contributed by atoms with Crippen LogP contribution in [0.5, 0.6) is 0 Å². The van der Waals surface area contributed by atoms with Gasteiger partial charge in [0.2, 0.25) is 0 Å². The lowest BCUT2D eigenvalue weighted by Gasteiger charge is -2.35. The van der Waals surface area contributed by atoms with Crippen LogP contribution in [0.25, 0.3) is 0 Å². The molecule has 1 N–H and O–H groups in total. The molecule has 1 aliphatic heterocycles. The molecule has 1 saturated carbocycles. The lowest BCUT2D eigenvalue weighted by molar-refractivity contribution is 0.0903. The highest BCUT2D eigenvalue weighted by Gasteiger charge is 2.41. The molecule has 0 aromatic heterocycles. The fraction of sp³-hybridized carbons (Fsp3) is 0.429. The lowest BCUT2D eigenvalue weighted by Crippen LogP contribution is -2.45. The van der Waals surface area contributed by atoms with Gasteiger partial charge in [-0.15, -0.1) is 0 Å². The summed E-state index contributed by atoms with van der Waals surface area (Å²) in [6, 6.07) is 21.4. The van der Waals surface area contributed by atoms with Crippen LogP contribution < -0.4 is 5.32 Å². The van der Waals surface area contributed by atoms with Crippen molar-refractivity contribution in [3.8, 4) is 0 Å². The summed E-state index contributed by atoms with van der Waals surface area (Å²) in [6.07, 6.45) is 2.36. The van der Waals surface area contributed by atoms with Crippen LogP contribution >= 0.6 is 11.9 Å². The van der Waals surface area contributed by atoms with E-state index in [0.717, 1.165) is 19.5 Å². The molecule has 0 bridgehead atoms. The first-order valence-electron chi connectivity index (χ1n) is 9.17. The summed E-state index contributed by atoms with van der Waals surface area (Å²) in [5.74, 6) is 0.568. The number of hydrogen-bond donors (Lipinski definition) is 1. The van der Waals surface area contributed by atoms with E-state index in [0.29, 0.717) is 31.3 Å². The molecule has 1 heterocycles. The fourth-order valence-corrected chi connectivity index (χ4v) is 4.53. The highest BCUT2D eigenvalue weighted by molar-refractivity contribution is 7.97. The smallest absolute Gasteiger partial charge is 0.125 e. The van der Waals surface area contributed by atoms with E-state index >= 15 is 4.39 Å². The average molecular weight is 357 g/mol. The van der Waals surface area contributed by atoms with Gasteiger partial charge in [0.1, 0.15) is 5.67 Å². The second-order valence-electron chi connectivity index (χ2n) is 7.22. The Balaban J connectivity index is 1.22. The zero-order chi connectivity index (χ0) is 17.1. The van der Waals surface area contributed by atoms with E-state index in [2.05, 4.69) is 58.2 Å². The standard InChI is InChI=1S/C21H25FN2S/c22-21(16-23-20-15-19(20)17-7-3-1-4-8-17)11-13-24(14-12-21)25-18-9-5-2-6-10-18/h1-10,19-20,23H,11-16H2. The maximum Gasteiger partial charge on any atom is 0.125 e. The summed E-state index contributed by atoms with van der Waals surface area (Å²) >= 11 is 1.75. The number of nitrogens with one attached hydrogen (secondary N) is 1. The third kappa shape index (κ3) is 4.43. The summed E-state index contributed by atoms with van der Waals surface area (Å²) < 4.78 is 17.4. The maximum atomic E-state index is 15.1. The second kappa shape index (κ2) is 7.48. The van der Waals surface area contributed by atoms with Crippen LogP contribution in [0, 0.1) is 0 Å². The quantitative estimate of drug-likeness (QED) is 0.759. The first-order valence-corrected chi connectivity index (χ1v) is 9.94. The molecule has 0 spiro atoms. The van der Waals surface area contributed by atoms with Gasteiger partial charge in [0.25, 0.3) is 0 Å². The minimum absolute atomic E-state index is 0.451. The Kier molecular flexibility index (Phi) is 5.11. The second-order valence-corrected chi connectivity index (χ2v) is 8.39. The lowest BCUT2D eigenvalue weighted by atomic mass is 9.94. The topological polar surface area (TPSA) is 15.3 Å². The zero-order valence-electron chi connectivity index (χ0n) is 14.4. The molecule has 132 valence electrons. The van der Waals surface area contributed by atoms with Crippen molar-refractivity contribution in [2.75, 3.05) is 19.6 Å². The van der Waals surface area contributed by atoms with Gasteiger partial charge < -0.3 is 5.32 Å². The summed E-state index contributed by atoms with van der Waals surface area (Å²) in [4.78, 5) is 1.23. The van der Waals surface area contributed by atoms with Gasteiger partial charge >= 0.3 is 0 Å². The Hall–Kier alpha value is -1.36. The van der Waals surface area contributed by atoms with E-state index in [1.165, 1.54) is 10.5 Å². The molecule has 2 nitrogen and oxygen atoms in total. The Morgan fingerprint density at radius 1 is 1.00 bits per heavy atom. The number of piperidine rings is 1. The molecule has 1 aliphatic carbocycles. The number of halogens is 1. The minimum Gasteiger partial charge on any atom is -0.310 e. The Morgan fingerprint density at radius 2 is 1.64 bits per heavy atom. The third-order valence-corrected chi connectivity index (χ3v) is 6.40. The fourth-order valence-electron chi connectivity index (χ4n) is 3.59. The van der Waals surface area contributed by atoms with E-state index in [4.69, 9.17) is 0 Å². The predicted octanol–water partition coefficient (Wildman–Crippen LogP) is 4.64. The number of benzene rings is 2. The van der Waals surface area contributed by atoms with Crippen molar-refractivity contribution in [3.05, 3.63) is 66.2 Å². The number of hydrogen-bond acceptors (Lipinski definition) is 3. The molecule has 0 radical (unpaired) electrons. The average Bonchev–Trinajstić information content (AvgIpc) is 3.44. The number of nitrogens with zero attached hydrogens (tertiary/aromatic N) is 1. The molecule has 1 saturated heterocycles. The Labute approximate surface area is 153 Å². The van der Waals surface area contributed by atoms with Crippen LogP contribution in [-0.2, 0) is 0 Å². The summed E-state index contributed by atoms with van der Waals surface area (Å²) in [5, 5.41) is 3.48. The Bertz CT molecular complexity index is 671. The first-order chi connectivity index (χ1) is 12.2. The van der Waals surface area contributed by atoms with Crippen molar-refractivity contribution in [2.24, 2.45) is 0 Å². The molecule has 2 aliphatic rings. The summed E-state index contributed by atoms with van der Waals surface area (Å²) in [7, 11) is 0. The van der Waals surface area contributed by atoms with Crippen molar-refractivity contribution in [1.29, 1.82) is 0 Å².